The molecule has 4 atom stereocenters. The Bertz CT molecular complexity index is 1130. The van der Waals surface area contributed by atoms with E-state index in [9.17, 15) is 14.7 Å². The van der Waals surface area contributed by atoms with Gasteiger partial charge in [0.15, 0.2) is 0 Å². The number of ether oxygens (including phenoxy) is 3. The third-order valence-electron chi connectivity index (χ3n) is 5.77. The summed E-state index contributed by atoms with van der Waals surface area (Å²) in [4.78, 5) is 25.4. The van der Waals surface area contributed by atoms with Gasteiger partial charge in [0.05, 0.1) is 23.0 Å². The highest BCUT2D eigenvalue weighted by atomic mass is 32.2. The van der Waals surface area contributed by atoms with Crippen LogP contribution in [0.4, 0.5) is 0 Å². The zero-order valence-corrected chi connectivity index (χ0v) is 20.4. The maximum absolute atomic E-state index is 12.9. The molecule has 182 valence electrons. The van der Waals surface area contributed by atoms with Crippen LogP contribution < -0.4 is 0 Å². The van der Waals surface area contributed by atoms with Crippen LogP contribution in [0.3, 0.4) is 0 Å². The number of benzene rings is 3. The van der Waals surface area contributed by atoms with E-state index in [0.29, 0.717) is 11.1 Å². The van der Waals surface area contributed by atoms with E-state index in [4.69, 9.17) is 14.2 Å². The second-order valence-electron chi connectivity index (χ2n) is 8.53. The first-order valence-electron chi connectivity index (χ1n) is 11.4. The largest absolute Gasteiger partial charge is 0.461 e. The smallest absolute Gasteiger partial charge is 0.338 e. The van der Waals surface area contributed by atoms with Crippen LogP contribution in [-0.2, 0) is 20.8 Å². The van der Waals surface area contributed by atoms with Crippen LogP contribution in [0.15, 0.2) is 78.9 Å². The van der Waals surface area contributed by atoms with Gasteiger partial charge in [0.2, 0.25) is 0 Å². The van der Waals surface area contributed by atoms with Gasteiger partial charge in [0, 0.05) is 0 Å². The summed E-state index contributed by atoms with van der Waals surface area (Å²) in [6.07, 6.45) is -1.59. The van der Waals surface area contributed by atoms with Crippen molar-refractivity contribution in [2.75, 3.05) is 6.61 Å². The van der Waals surface area contributed by atoms with Gasteiger partial charge in [0.1, 0.15) is 24.3 Å². The van der Waals surface area contributed by atoms with Crippen LogP contribution in [0.25, 0.3) is 0 Å². The average Bonchev–Trinajstić information content (AvgIpc) is 3.16. The Kier molecular flexibility index (Phi) is 8.23. The number of hydrogen-bond acceptors (Lipinski definition) is 7. The first-order valence-corrected chi connectivity index (χ1v) is 12.4. The van der Waals surface area contributed by atoms with Gasteiger partial charge in [-0.2, -0.15) is 0 Å². The van der Waals surface area contributed by atoms with Crippen molar-refractivity contribution in [1.82, 2.24) is 0 Å². The predicted octanol–water partition coefficient (Wildman–Crippen LogP) is 4.71. The number of aryl methyl sites for hydroxylation is 2. The second kappa shape index (κ2) is 11.5. The van der Waals surface area contributed by atoms with Crippen molar-refractivity contribution in [2.24, 2.45) is 0 Å². The highest BCUT2D eigenvalue weighted by Gasteiger charge is 2.47. The van der Waals surface area contributed by atoms with E-state index in [1.54, 1.807) is 24.3 Å². The van der Waals surface area contributed by atoms with E-state index < -0.39 is 34.8 Å². The highest BCUT2D eigenvalue weighted by molar-refractivity contribution is 8.00. The van der Waals surface area contributed by atoms with E-state index >= 15 is 0 Å². The number of aliphatic hydroxyl groups is 1. The van der Waals surface area contributed by atoms with Gasteiger partial charge in [-0.1, -0.05) is 65.7 Å². The van der Waals surface area contributed by atoms with Gasteiger partial charge in [-0.25, -0.2) is 9.59 Å². The number of hydrogen-bond donors (Lipinski definition) is 1. The van der Waals surface area contributed by atoms with Crippen LogP contribution in [0.1, 0.15) is 37.4 Å². The molecule has 0 radical (unpaired) electrons. The summed E-state index contributed by atoms with van der Waals surface area (Å²) in [5.74, 6) is -0.995. The Hall–Kier alpha value is -3.13. The Labute approximate surface area is 209 Å². The molecule has 1 heterocycles. The SMILES string of the molecule is Cc1ccc(C(=O)OC[C@H]2SC(O)[C@H](OCc3ccccc3)[C@@H]2OC(=O)c2ccc(C)cc2)cc1. The lowest BCUT2D eigenvalue weighted by Gasteiger charge is -2.25. The van der Waals surface area contributed by atoms with Gasteiger partial charge in [-0.3, -0.25) is 0 Å². The zero-order chi connectivity index (χ0) is 24.8. The molecule has 1 unspecified atom stereocenters. The van der Waals surface area contributed by atoms with Crippen LogP contribution in [-0.4, -0.2) is 46.5 Å². The molecule has 0 spiro atoms. The molecule has 0 amide bonds. The molecular weight excluding hydrogens is 464 g/mol. The van der Waals surface area contributed by atoms with Crippen LogP contribution >= 0.6 is 11.8 Å². The Morgan fingerprint density at radius 2 is 1.37 bits per heavy atom. The number of carbonyl (C=O) groups excluding carboxylic acids is 2. The molecule has 6 nitrogen and oxygen atoms in total. The monoisotopic (exact) mass is 492 g/mol. The third-order valence-corrected chi connectivity index (χ3v) is 7.07. The molecule has 7 heteroatoms. The average molecular weight is 493 g/mol. The molecule has 4 rings (SSSR count). The molecule has 1 aliphatic rings. The van der Waals surface area contributed by atoms with Crippen LogP contribution in [0, 0.1) is 13.8 Å². The van der Waals surface area contributed by atoms with Gasteiger partial charge in [-0.15, -0.1) is 11.8 Å². The lowest BCUT2D eigenvalue weighted by atomic mass is 10.1. The molecule has 0 saturated carbocycles. The number of rotatable bonds is 8. The fourth-order valence-electron chi connectivity index (χ4n) is 3.74. The molecule has 1 saturated heterocycles. The minimum absolute atomic E-state index is 0.0362. The second-order valence-corrected chi connectivity index (χ2v) is 9.89. The lowest BCUT2D eigenvalue weighted by Crippen LogP contribution is -2.40. The Balaban J connectivity index is 1.47. The number of esters is 2. The minimum Gasteiger partial charge on any atom is -0.461 e. The van der Waals surface area contributed by atoms with E-state index in [1.165, 1.54) is 11.8 Å². The van der Waals surface area contributed by atoms with E-state index in [0.717, 1.165) is 16.7 Å². The van der Waals surface area contributed by atoms with Gasteiger partial charge >= 0.3 is 11.9 Å². The summed E-state index contributed by atoms with van der Waals surface area (Å²) in [6.45, 7) is 4.09. The Morgan fingerprint density at radius 3 is 1.97 bits per heavy atom. The van der Waals surface area contributed by atoms with Crippen molar-refractivity contribution in [2.45, 2.75) is 43.3 Å². The predicted molar refractivity (Wildman–Crippen MR) is 134 cm³/mol. The van der Waals surface area contributed by atoms with Crippen LogP contribution in [0.5, 0.6) is 0 Å². The van der Waals surface area contributed by atoms with Crippen molar-refractivity contribution >= 4 is 23.7 Å². The maximum Gasteiger partial charge on any atom is 0.338 e. The molecule has 0 aliphatic carbocycles. The van der Waals surface area contributed by atoms with Gasteiger partial charge in [-0.05, 0) is 43.7 Å². The Morgan fingerprint density at radius 1 is 0.800 bits per heavy atom. The van der Waals surface area contributed by atoms with Crippen molar-refractivity contribution in [1.29, 1.82) is 0 Å². The standard InChI is InChI=1S/C28H28O6S/c1-18-8-12-21(13-9-18)26(29)33-17-23-24(34-27(30)22-14-10-19(2)11-15-22)25(28(31)35-23)32-16-20-6-4-3-5-7-20/h3-15,23-25,28,31H,16-17H2,1-2H3/t23-,24-,25-,28?/m1/s1. The van der Waals surface area contributed by atoms with Crippen molar-refractivity contribution in [3.8, 4) is 0 Å². The van der Waals surface area contributed by atoms with Crippen molar-refractivity contribution in [3.05, 3.63) is 107 Å². The van der Waals surface area contributed by atoms with E-state index in [1.807, 2.05) is 68.4 Å². The number of aliphatic hydroxyl groups excluding tert-OH is 1. The first-order chi connectivity index (χ1) is 16.9. The van der Waals surface area contributed by atoms with Crippen LogP contribution in [0.2, 0.25) is 0 Å². The fourth-order valence-corrected chi connectivity index (χ4v) is 5.00. The summed E-state index contributed by atoms with van der Waals surface area (Å²) < 4.78 is 17.4. The number of carbonyl (C=O) groups is 2. The van der Waals surface area contributed by atoms with E-state index in [-0.39, 0.29) is 13.2 Å². The molecule has 3 aromatic rings. The minimum atomic E-state index is -0.947. The molecule has 1 aliphatic heterocycles. The third kappa shape index (κ3) is 6.51. The quantitative estimate of drug-likeness (QED) is 0.456. The summed E-state index contributed by atoms with van der Waals surface area (Å²) >= 11 is 1.17. The zero-order valence-electron chi connectivity index (χ0n) is 19.6. The molecule has 3 aromatic carbocycles. The normalized spacial score (nSPS) is 21.5. The summed E-state index contributed by atoms with van der Waals surface area (Å²) in [5.41, 5.74) is 2.89. The number of thioether (sulfide) groups is 1. The lowest BCUT2D eigenvalue weighted by molar-refractivity contribution is -0.0821. The van der Waals surface area contributed by atoms with Gasteiger partial charge in [0.25, 0.3) is 0 Å². The van der Waals surface area contributed by atoms with Crippen molar-refractivity contribution in [3.63, 3.8) is 0 Å². The highest BCUT2D eigenvalue weighted by Crippen LogP contribution is 2.38. The molecule has 35 heavy (non-hydrogen) atoms. The summed E-state index contributed by atoms with van der Waals surface area (Å²) in [5, 5.41) is 10.3. The maximum atomic E-state index is 12.9. The van der Waals surface area contributed by atoms with E-state index in [2.05, 4.69) is 0 Å². The van der Waals surface area contributed by atoms with Gasteiger partial charge < -0.3 is 19.3 Å². The first kappa shape index (κ1) is 25.0. The molecule has 0 bridgehead atoms. The fraction of sp³-hybridized carbons (Fsp3) is 0.286. The topological polar surface area (TPSA) is 82.1 Å². The summed E-state index contributed by atoms with van der Waals surface area (Å²) in [7, 11) is 0. The van der Waals surface area contributed by atoms with Crippen molar-refractivity contribution < 1.29 is 28.9 Å². The molecule has 1 fully saturated rings. The molecule has 1 N–H and O–H groups in total. The summed E-state index contributed by atoms with van der Waals surface area (Å²) in [6, 6.07) is 23.7. The molecular formula is C28H28O6S. The molecule has 0 aromatic heterocycles.